The Hall–Kier alpha value is -4.16. The monoisotopic (exact) mass is 434 g/mol. The van der Waals surface area contributed by atoms with Gasteiger partial charge in [-0.05, 0) is 24.6 Å². The minimum atomic E-state index is -4.79. The molecule has 2 N–H and O–H groups in total. The van der Waals surface area contributed by atoms with Crippen LogP contribution in [0.25, 0.3) is 17.0 Å². The zero-order valence-corrected chi connectivity index (χ0v) is 15.6. The van der Waals surface area contributed by atoms with Crippen LogP contribution in [0.2, 0.25) is 0 Å². The molecule has 4 aromatic rings. The van der Waals surface area contributed by atoms with E-state index >= 15 is 0 Å². The van der Waals surface area contributed by atoms with Gasteiger partial charge in [0.25, 0.3) is 5.95 Å². The van der Waals surface area contributed by atoms with Crippen LogP contribution in [0.4, 0.5) is 13.2 Å². The van der Waals surface area contributed by atoms with Crippen molar-refractivity contribution in [3.05, 3.63) is 54.0 Å². The van der Waals surface area contributed by atoms with Crippen LogP contribution in [0.15, 0.2) is 42.9 Å². The van der Waals surface area contributed by atoms with Crippen molar-refractivity contribution in [2.45, 2.75) is 19.3 Å². The molecule has 1 aromatic carbocycles. The summed E-state index contributed by atoms with van der Waals surface area (Å²) in [6, 6.07) is 4.76. The molecule has 0 saturated heterocycles. The van der Waals surface area contributed by atoms with Crippen LogP contribution < -0.4 is 4.74 Å². The van der Waals surface area contributed by atoms with Gasteiger partial charge >= 0.3 is 12.3 Å². The smallest absolute Gasteiger partial charge is 0.492 e. The lowest BCUT2D eigenvalue weighted by atomic mass is 10.1. The van der Waals surface area contributed by atoms with Crippen LogP contribution in [-0.2, 0) is 0 Å². The number of alkyl halides is 3. The van der Waals surface area contributed by atoms with Gasteiger partial charge in [0.05, 0.1) is 24.0 Å². The van der Waals surface area contributed by atoms with Crippen molar-refractivity contribution in [2.24, 2.45) is 0 Å². The second-order valence-corrected chi connectivity index (χ2v) is 6.44. The molecule has 160 valence electrons. The van der Waals surface area contributed by atoms with Crippen molar-refractivity contribution in [1.82, 2.24) is 29.5 Å². The highest BCUT2D eigenvalue weighted by molar-refractivity contribution is 5.87. The van der Waals surface area contributed by atoms with Crippen molar-refractivity contribution in [3.8, 4) is 17.6 Å². The van der Waals surface area contributed by atoms with Crippen LogP contribution in [-0.4, -0.2) is 52.1 Å². The summed E-state index contributed by atoms with van der Waals surface area (Å²) >= 11 is 0. The first-order valence-corrected chi connectivity index (χ1v) is 8.70. The normalized spacial score (nSPS) is 12.8. The summed E-state index contributed by atoms with van der Waals surface area (Å²) in [5.74, 6) is -2.01. The van der Waals surface area contributed by atoms with E-state index in [0.29, 0.717) is 5.56 Å². The fraction of sp³-hybridized carbons (Fsp3) is 0.167. The van der Waals surface area contributed by atoms with Crippen LogP contribution >= 0.6 is 0 Å². The number of ether oxygens (including phenoxy) is 1. The number of aromatic nitrogens is 6. The second kappa shape index (κ2) is 7.27. The molecule has 0 amide bonds. The number of hydrogen-bond donors (Lipinski definition) is 2. The molecule has 3 aromatic heterocycles. The van der Waals surface area contributed by atoms with Crippen molar-refractivity contribution in [3.63, 3.8) is 0 Å². The van der Waals surface area contributed by atoms with Gasteiger partial charge in [-0.2, -0.15) is 15.2 Å². The molecule has 0 unspecified atom stereocenters. The van der Waals surface area contributed by atoms with E-state index in [4.69, 9.17) is 5.11 Å². The third-order valence-corrected chi connectivity index (χ3v) is 4.41. The molecular weight excluding hydrogens is 421 g/mol. The Kier molecular flexibility index (Phi) is 4.72. The maximum atomic E-state index is 12.3. The van der Waals surface area contributed by atoms with Gasteiger partial charge in [-0.25, -0.2) is 14.5 Å². The highest BCUT2D eigenvalue weighted by Crippen LogP contribution is 2.29. The van der Waals surface area contributed by atoms with E-state index in [0.717, 1.165) is 10.9 Å². The Morgan fingerprint density at radius 2 is 1.84 bits per heavy atom. The molecule has 1 atom stereocenters. The van der Waals surface area contributed by atoms with E-state index in [1.54, 1.807) is 6.92 Å². The lowest BCUT2D eigenvalue weighted by Crippen LogP contribution is -2.17. The van der Waals surface area contributed by atoms with Gasteiger partial charge in [-0.3, -0.25) is 4.68 Å². The van der Waals surface area contributed by atoms with Crippen molar-refractivity contribution in [1.29, 1.82) is 0 Å². The topological polar surface area (TPSA) is 128 Å². The Morgan fingerprint density at radius 3 is 2.45 bits per heavy atom. The molecule has 0 radical (unpaired) electrons. The Morgan fingerprint density at radius 1 is 1.13 bits per heavy atom. The summed E-state index contributed by atoms with van der Waals surface area (Å²) in [7, 11) is 0. The average Bonchev–Trinajstić information content (AvgIpc) is 3.34. The number of rotatable bonds is 5. The number of fused-ring (bicyclic) bond motifs is 1. The number of carboxylic acid groups (broad SMARTS) is 1. The molecule has 0 saturated carbocycles. The van der Waals surface area contributed by atoms with Gasteiger partial charge < -0.3 is 14.9 Å². The first-order valence-electron chi connectivity index (χ1n) is 8.70. The standard InChI is InChI=1S/C18H13F3N6O4/c1-9(10-2-4-12(5-3-10)31-18(19,20)21)27-14-13(7-23-27)24-17(25-15(14)28)26-8-11(6-22-26)16(29)30/h2-9H,1H3,(H,29,30)(H,24,25,28)/t9-/m0/s1. The summed E-state index contributed by atoms with van der Waals surface area (Å²) in [5.41, 5.74) is 0.975. The minimum absolute atomic E-state index is 0.0571. The Balaban J connectivity index is 1.66. The van der Waals surface area contributed by atoms with E-state index in [-0.39, 0.29) is 28.3 Å². The van der Waals surface area contributed by atoms with Crippen LogP contribution in [0.5, 0.6) is 11.6 Å². The Labute approximate surface area is 171 Å². The molecule has 10 nitrogen and oxygen atoms in total. The fourth-order valence-electron chi connectivity index (χ4n) is 2.96. The first-order chi connectivity index (χ1) is 14.6. The van der Waals surface area contributed by atoms with E-state index in [1.807, 2.05) is 0 Å². The molecule has 0 aliphatic heterocycles. The number of aromatic carboxylic acids is 1. The molecular formula is C18H13F3N6O4. The van der Waals surface area contributed by atoms with E-state index in [9.17, 15) is 23.1 Å². The summed E-state index contributed by atoms with van der Waals surface area (Å²) in [5, 5.41) is 27.5. The zero-order chi connectivity index (χ0) is 22.3. The van der Waals surface area contributed by atoms with E-state index in [1.165, 1.54) is 41.3 Å². The molecule has 3 heterocycles. The molecule has 0 bridgehead atoms. The SMILES string of the molecule is C[C@@H](c1ccc(OC(F)(F)F)cc1)n1ncc2nc(-n3cc(C(=O)O)cn3)nc(O)c21. The number of aromatic hydroxyl groups is 1. The number of carboxylic acids is 1. The first kappa shape index (κ1) is 20.1. The third-order valence-electron chi connectivity index (χ3n) is 4.41. The molecule has 0 aliphatic carbocycles. The van der Waals surface area contributed by atoms with Crippen LogP contribution in [0.3, 0.4) is 0 Å². The van der Waals surface area contributed by atoms with Gasteiger partial charge in [-0.1, -0.05) is 12.1 Å². The van der Waals surface area contributed by atoms with Crippen LogP contribution in [0, 0.1) is 0 Å². The minimum Gasteiger partial charge on any atom is -0.492 e. The lowest BCUT2D eigenvalue weighted by molar-refractivity contribution is -0.274. The predicted molar refractivity (Wildman–Crippen MR) is 98.0 cm³/mol. The number of halogens is 3. The van der Waals surface area contributed by atoms with Gasteiger partial charge in [-0.15, -0.1) is 13.2 Å². The molecule has 31 heavy (non-hydrogen) atoms. The quantitative estimate of drug-likeness (QED) is 0.491. The third kappa shape index (κ3) is 3.97. The second-order valence-electron chi connectivity index (χ2n) is 6.44. The molecule has 0 fully saturated rings. The maximum absolute atomic E-state index is 12.3. The highest BCUT2D eigenvalue weighted by atomic mass is 19.4. The van der Waals surface area contributed by atoms with Crippen molar-refractivity contribution >= 4 is 17.0 Å². The number of hydrogen-bond acceptors (Lipinski definition) is 7. The summed E-state index contributed by atoms with van der Waals surface area (Å²) < 4.78 is 43.4. The number of carbonyl (C=O) groups is 1. The van der Waals surface area contributed by atoms with E-state index in [2.05, 4.69) is 24.9 Å². The molecule has 0 aliphatic rings. The molecule has 0 spiro atoms. The van der Waals surface area contributed by atoms with E-state index < -0.39 is 24.3 Å². The lowest BCUT2D eigenvalue weighted by Gasteiger charge is -2.15. The number of benzene rings is 1. The number of nitrogens with zero attached hydrogens (tertiary/aromatic N) is 6. The Bertz CT molecular complexity index is 1270. The average molecular weight is 434 g/mol. The van der Waals surface area contributed by atoms with Crippen molar-refractivity contribution in [2.75, 3.05) is 0 Å². The fourth-order valence-corrected chi connectivity index (χ4v) is 2.96. The summed E-state index contributed by atoms with van der Waals surface area (Å²) in [6.07, 6.45) is -1.10. The van der Waals surface area contributed by atoms with Crippen LogP contribution in [0.1, 0.15) is 28.9 Å². The summed E-state index contributed by atoms with van der Waals surface area (Å²) in [4.78, 5) is 19.2. The van der Waals surface area contributed by atoms with Gasteiger partial charge in [0.2, 0.25) is 5.88 Å². The zero-order valence-electron chi connectivity index (χ0n) is 15.6. The molecule has 13 heteroatoms. The van der Waals surface area contributed by atoms with Gasteiger partial charge in [0.1, 0.15) is 16.8 Å². The maximum Gasteiger partial charge on any atom is 0.573 e. The largest absolute Gasteiger partial charge is 0.573 e. The molecule has 4 rings (SSSR count). The van der Waals surface area contributed by atoms with Crippen molar-refractivity contribution < 1.29 is 32.9 Å². The highest BCUT2D eigenvalue weighted by Gasteiger charge is 2.31. The summed E-state index contributed by atoms with van der Waals surface area (Å²) in [6.45, 7) is 1.73. The van der Waals surface area contributed by atoms with Gasteiger partial charge in [0, 0.05) is 6.20 Å². The van der Waals surface area contributed by atoms with Gasteiger partial charge in [0.15, 0.2) is 0 Å². The predicted octanol–water partition coefficient (Wildman–Crippen LogP) is 2.92.